The zero-order valence-electron chi connectivity index (χ0n) is 7.51. The van der Waals surface area contributed by atoms with E-state index < -0.39 is 24.7 Å². The number of rotatable bonds is 3. The summed E-state index contributed by atoms with van der Waals surface area (Å²) in [6.07, 6.45) is -2.66. The first-order valence-corrected chi connectivity index (χ1v) is 4.50. The van der Waals surface area contributed by atoms with Gasteiger partial charge in [0.1, 0.15) is 5.82 Å². The van der Waals surface area contributed by atoms with Crippen LogP contribution in [0.3, 0.4) is 0 Å². The first kappa shape index (κ1) is 11.9. The normalized spacial score (nSPS) is 10.5. The Morgan fingerprint density at radius 2 is 2.13 bits per heavy atom. The van der Waals surface area contributed by atoms with Gasteiger partial charge < -0.3 is 5.32 Å². The highest BCUT2D eigenvalue weighted by atomic mass is 32.1. The molecular formula is C9H8F3NOS. The summed E-state index contributed by atoms with van der Waals surface area (Å²) in [4.78, 5) is 11.6. The molecule has 0 aliphatic carbocycles. The van der Waals surface area contributed by atoms with Crippen molar-refractivity contribution < 1.29 is 18.0 Å². The Kier molecular flexibility index (Phi) is 4.02. The lowest BCUT2D eigenvalue weighted by molar-refractivity contribution is 0.0887. The Balaban J connectivity index is 2.77. The van der Waals surface area contributed by atoms with Crippen molar-refractivity contribution in [3.63, 3.8) is 0 Å². The predicted octanol–water partition coefficient (Wildman–Crippen LogP) is 2.11. The number of alkyl halides is 2. The van der Waals surface area contributed by atoms with Gasteiger partial charge in [-0.1, -0.05) is 0 Å². The van der Waals surface area contributed by atoms with Gasteiger partial charge in [-0.25, -0.2) is 13.2 Å². The van der Waals surface area contributed by atoms with Crippen LogP contribution in [-0.4, -0.2) is 18.9 Å². The van der Waals surface area contributed by atoms with Gasteiger partial charge in [-0.05, 0) is 18.2 Å². The monoisotopic (exact) mass is 235 g/mol. The number of carbonyl (C=O) groups is 1. The van der Waals surface area contributed by atoms with Crippen LogP contribution in [0.15, 0.2) is 23.1 Å². The van der Waals surface area contributed by atoms with E-state index in [0.717, 1.165) is 6.07 Å². The summed E-state index contributed by atoms with van der Waals surface area (Å²) < 4.78 is 36.6. The van der Waals surface area contributed by atoms with Gasteiger partial charge in [-0.15, -0.1) is 12.6 Å². The third-order valence-corrected chi connectivity index (χ3v) is 1.89. The zero-order chi connectivity index (χ0) is 11.4. The van der Waals surface area contributed by atoms with Gasteiger partial charge in [0.05, 0.1) is 12.1 Å². The Labute approximate surface area is 89.9 Å². The number of halogens is 3. The minimum atomic E-state index is -2.66. The minimum Gasteiger partial charge on any atom is -0.346 e. The van der Waals surface area contributed by atoms with Crippen molar-refractivity contribution in [1.29, 1.82) is 0 Å². The molecule has 2 nitrogen and oxygen atoms in total. The number of benzene rings is 1. The molecule has 1 N–H and O–H groups in total. The molecule has 0 radical (unpaired) electrons. The van der Waals surface area contributed by atoms with Crippen LogP contribution in [0.1, 0.15) is 10.4 Å². The van der Waals surface area contributed by atoms with Gasteiger partial charge in [0.2, 0.25) is 0 Å². The SMILES string of the molecule is O=C(NCC(F)F)c1cc(S)ccc1F. The van der Waals surface area contributed by atoms with Crippen molar-refractivity contribution in [1.82, 2.24) is 5.32 Å². The molecule has 0 saturated carbocycles. The van der Waals surface area contributed by atoms with Crippen molar-refractivity contribution in [3.05, 3.63) is 29.6 Å². The van der Waals surface area contributed by atoms with Crippen LogP contribution in [0.2, 0.25) is 0 Å². The highest BCUT2D eigenvalue weighted by Gasteiger charge is 2.13. The Hall–Kier alpha value is -1.17. The average molecular weight is 235 g/mol. The summed E-state index contributed by atoms with van der Waals surface area (Å²) >= 11 is 3.91. The second-order valence-corrected chi connectivity index (χ2v) is 3.28. The maximum Gasteiger partial charge on any atom is 0.255 e. The molecule has 0 heterocycles. The molecule has 1 aromatic carbocycles. The van der Waals surface area contributed by atoms with Gasteiger partial charge in [0.25, 0.3) is 12.3 Å². The molecule has 0 aromatic heterocycles. The van der Waals surface area contributed by atoms with Crippen LogP contribution in [0.25, 0.3) is 0 Å². The topological polar surface area (TPSA) is 29.1 Å². The van der Waals surface area contributed by atoms with Gasteiger partial charge in [0.15, 0.2) is 0 Å². The molecule has 0 aliphatic heterocycles. The van der Waals surface area contributed by atoms with Crippen LogP contribution in [-0.2, 0) is 0 Å². The van der Waals surface area contributed by atoms with Crippen molar-refractivity contribution in [2.45, 2.75) is 11.3 Å². The number of carbonyl (C=O) groups excluding carboxylic acids is 1. The molecule has 0 saturated heterocycles. The van der Waals surface area contributed by atoms with E-state index in [-0.39, 0.29) is 5.56 Å². The lowest BCUT2D eigenvalue weighted by Crippen LogP contribution is -2.29. The average Bonchev–Trinajstić information content (AvgIpc) is 2.18. The fourth-order valence-electron chi connectivity index (χ4n) is 0.952. The summed E-state index contributed by atoms with van der Waals surface area (Å²) in [6, 6.07) is 3.60. The van der Waals surface area contributed by atoms with E-state index in [1.54, 1.807) is 0 Å². The van der Waals surface area contributed by atoms with Gasteiger partial charge in [-0.3, -0.25) is 4.79 Å². The van der Waals surface area contributed by atoms with E-state index in [1.165, 1.54) is 12.1 Å². The summed E-state index contributed by atoms with van der Waals surface area (Å²) in [7, 11) is 0. The van der Waals surface area contributed by atoms with Crippen LogP contribution >= 0.6 is 12.6 Å². The molecule has 0 aliphatic rings. The lowest BCUT2D eigenvalue weighted by Gasteiger charge is -2.05. The standard InChI is InChI=1S/C9H8F3NOS/c10-7-2-1-5(15)3-6(7)9(14)13-4-8(11)12/h1-3,8,15H,4H2,(H,13,14). The van der Waals surface area contributed by atoms with E-state index in [4.69, 9.17) is 0 Å². The molecule has 0 fully saturated rings. The summed E-state index contributed by atoms with van der Waals surface area (Å²) in [5, 5.41) is 1.90. The molecule has 6 heteroatoms. The molecule has 0 atom stereocenters. The lowest BCUT2D eigenvalue weighted by atomic mass is 10.2. The summed E-state index contributed by atoms with van der Waals surface area (Å²) in [5.74, 6) is -1.64. The van der Waals surface area contributed by atoms with Crippen LogP contribution in [0.4, 0.5) is 13.2 Å². The molecular weight excluding hydrogens is 227 g/mol. The number of hydrogen-bond donors (Lipinski definition) is 2. The van der Waals surface area contributed by atoms with Crippen molar-refractivity contribution in [2.24, 2.45) is 0 Å². The van der Waals surface area contributed by atoms with Crippen molar-refractivity contribution in [3.8, 4) is 0 Å². The van der Waals surface area contributed by atoms with Crippen LogP contribution < -0.4 is 5.32 Å². The fraction of sp³-hybridized carbons (Fsp3) is 0.222. The number of hydrogen-bond acceptors (Lipinski definition) is 2. The molecule has 0 bridgehead atoms. The van der Waals surface area contributed by atoms with E-state index >= 15 is 0 Å². The predicted molar refractivity (Wildman–Crippen MR) is 52.0 cm³/mol. The van der Waals surface area contributed by atoms with Crippen LogP contribution in [0.5, 0.6) is 0 Å². The maximum atomic E-state index is 13.1. The van der Waals surface area contributed by atoms with E-state index in [0.29, 0.717) is 4.90 Å². The number of amides is 1. The third-order valence-electron chi connectivity index (χ3n) is 1.61. The van der Waals surface area contributed by atoms with Gasteiger partial charge >= 0.3 is 0 Å². The highest BCUT2D eigenvalue weighted by molar-refractivity contribution is 7.80. The van der Waals surface area contributed by atoms with Crippen molar-refractivity contribution >= 4 is 18.5 Å². The first-order valence-electron chi connectivity index (χ1n) is 4.05. The molecule has 1 rings (SSSR count). The molecule has 0 unspecified atom stereocenters. The van der Waals surface area contributed by atoms with Gasteiger partial charge in [0, 0.05) is 4.90 Å². The zero-order valence-corrected chi connectivity index (χ0v) is 8.40. The molecule has 1 aromatic rings. The fourth-order valence-corrected chi connectivity index (χ4v) is 1.16. The highest BCUT2D eigenvalue weighted by Crippen LogP contribution is 2.13. The third kappa shape index (κ3) is 3.47. The molecule has 1 amide bonds. The smallest absolute Gasteiger partial charge is 0.255 e. The second kappa shape index (κ2) is 5.06. The first-order chi connectivity index (χ1) is 7.00. The van der Waals surface area contributed by atoms with E-state index in [9.17, 15) is 18.0 Å². The Bertz CT molecular complexity index is 370. The second-order valence-electron chi connectivity index (χ2n) is 2.77. The van der Waals surface area contributed by atoms with E-state index in [2.05, 4.69) is 12.6 Å². The molecule has 15 heavy (non-hydrogen) atoms. The molecule has 0 spiro atoms. The number of nitrogens with one attached hydrogen (secondary N) is 1. The largest absolute Gasteiger partial charge is 0.346 e. The maximum absolute atomic E-state index is 13.1. The minimum absolute atomic E-state index is 0.289. The molecule has 82 valence electrons. The summed E-state index contributed by atoms with van der Waals surface area (Å²) in [6.45, 7) is -0.797. The Morgan fingerprint density at radius 1 is 1.47 bits per heavy atom. The van der Waals surface area contributed by atoms with Gasteiger partial charge in [-0.2, -0.15) is 0 Å². The summed E-state index contributed by atoms with van der Waals surface area (Å²) in [5.41, 5.74) is -0.289. The Morgan fingerprint density at radius 3 is 2.73 bits per heavy atom. The van der Waals surface area contributed by atoms with Crippen LogP contribution in [0, 0.1) is 5.82 Å². The quantitative estimate of drug-likeness (QED) is 0.772. The van der Waals surface area contributed by atoms with E-state index in [1.807, 2.05) is 5.32 Å². The van der Waals surface area contributed by atoms with Crippen molar-refractivity contribution in [2.75, 3.05) is 6.54 Å². The number of thiol groups is 1.